The molecule has 0 unspecified atom stereocenters. The van der Waals surface area contributed by atoms with Gasteiger partial charge in [-0.3, -0.25) is 4.79 Å². The molecule has 0 atom stereocenters. The molecule has 1 aliphatic heterocycles. The Morgan fingerprint density at radius 1 is 1.14 bits per heavy atom. The van der Waals surface area contributed by atoms with E-state index in [0.29, 0.717) is 6.04 Å². The Hall–Kier alpha value is -1.42. The van der Waals surface area contributed by atoms with E-state index >= 15 is 0 Å². The average molecular weight is 305 g/mol. The summed E-state index contributed by atoms with van der Waals surface area (Å²) in [5.74, 6) is 0.290. The summed E-state index contributed by atoms with van der Waals surface area (Å²) < 4.78 is 13.7. The van der Waals surface area contributed by atoms with Gasteiger partial charge in [0.25, 0.3) is 0 Å². The summed E-state index contributed by atoms with van der Waals surface area (Å²) >= 11 is 0. The molecule has 1 saturated heterocycles. The zero-order valence-corrected chi connectivity index (χ0v) is 13.1. The molecular formula is C18H26FN2O+. The minimum atomic E-state index is -0.115. The third-order valence-corrected chi connectivity index (χ3v) is 5.16. The fourth-order valence-electron chi connectivity index (χ4n) is 3.77. The second kappa shape index (κ2) is 7.23. The van der Waals surface area contributed by atoms with Crippen molar-refractivity contribution in [3.63, 3.8) is 0 Å². The molecule has 4 heteroatoms. The van der Waals surface area contributed by atoms with Gasteiger partial charge >= 0.3 is 0 Å². The monoisotopic (exact) mass is 305 g/mol. The van der Waals surface area contributed by atoms with E-state index in [2.05, 4.69) is 5.32 Å². The predicted octanol–water partition coefficient (Wildman–Crippen LogP) is 1.68. The number of benzene rings is 1. The molecule has 1 heterocycles. The molecule has 0 radical (unpaired) electrons. The van der Waals surface area contributed by atoms with Crippen LogP contribution in [0.3, 0.4) is 0 Å². The van der Waals surface area contributed by atoms with E-state index in [1.807, 2.05) is 12.1 Å². The lowest BCUT2D eigenvalue weighted by molar-refractivity contribution is -0.919. The standard InChI is InChI=1S/C18H25FN2O/c19-17-8-4-1-5-15(17)13-21-11-9-14(10-12-21)18(22)20-16-6-2-3-7-16/h1,4-5,8,14,16H,2-3,6-7,9-13H2,(H,20,22)/p+1. The van der Waals surface area contributed by atoms with Crippen LogP contribution in [0.15, 0.2) is 24.3 Å². The van der Waals surface area contributed by atoms with Crippen LogP contribution in [-0.4, -0.2) is 25.0 Å². The van der Waals surface area contributed by atoms with Crippen LogP contribution in [0.2, 0.25) is 0 Å². The third kappa shape index (κ3) is 3.86. The first kappa shape index (κ1) is 15.5. The number of likely N-dealkylation sites (tertiary alicyclic amines) is 1. The molecule has 1 aliphatic carbocycles. The minimum absolute atomic E-state index is 0.115. The maximum Gasteiger partial charge on any atom is 0.223 e. The Morgan fingerprint density at radius 3 is 2.50 bits per heavy atom. The Kier molecular flexibility index (Phi) is 5.08. The van der Waals surface area contributed by atoms with E-state index < -0.39 is 0 Å². The Balaban J connectivity index is 1.45. The summed E-state index contributed by atoms with van der Waals surface area (Å²) in [4.78, 5) is 13.7. The van der Waals surface area contributed by atoms with Gasteiger partial charge in [-0.1, -0.05) is 31.0 Å². The first-order valence-corrected chi connectivity index (χ1v) is 8.60. The maximum absolute atomic E-state index is 13.7. The first-order chi connectivity index (χ1) is 10.7. The molecule has 3 rings (SSSR count). The molecule has 1 aromatic carbocycles. The first-order valence-electron chi connectivity index (χ1n) is 8.60. The van der Waals surface area contributed by atoms with Crippen molar-refractivity contribution in [1.82, 2.24) is 5.32 Å². The van der Waals surface area contributed by atoms with Crippen molar-refractivity contribution >= 4 is 5.91 Å². The van der Waals surface area contributed by atoms with E-state index in [1.165, 1.54) is 23.8 Å². The highest BCUT2D eigenvalue weighted by molar-refractivity contribution is 5.79. The molecule has 0 bridgehead atoms. The zero-order chi connectivity index (χ0) is 15.4. The Morgan fingerprint density at radius 2 is 1.82 bits per heavy atom. The summed E-state index contributed by atoms with van der Waals surface area (Å²) in [5.41, 5.74) is 0.784. The third-order valence-electron chi connectivity index (χ3n) is 5.16. The molecule has 22 heavy (non-hydrogen) atoms. The molecule has 2 aliphatic rings. The largest absolute Gasteiger partial charge is 0.353 e. The SMILES string of the molecule is O=C(NC1CCCC1)C1CC[NH+](Cc2ccccc2F)CC1. The second-order valence-corrected chi connectivity index (χ2v) is 6.78. The predicted molar refractivity (Wildman–Crippen MR) is 83.9 cm³/mol. The summed E-state index contributed by atoms with van der Waals surface area (Å²) in [6.45, 7) is 2.64. The number of rotatable bonds is 4. The van der Waals surface area contributed by atoms with Crippen molar-refractivity contribution in [3.05, 3.63) is 35.6 Å². The highest BCUT2D eigenvalue weighted by Crippen LogP contribution is 2.19. The van der Waals surface area contributed by atoms with Crippen LogP contribution in [0, 0.1) is 11.7 Å². The number of piperidine rings is 1. The normalized spacial score (nSPS) is 26.0. The van der Waals surface area contributed by atoms with Crippen LogP contribution in [0.25, 0.3) is 0 Å². The summed E-state index contributed by atoms with van der Waals surface area (Å²) in [5, 5.41) is 3.21. The molecule has 0 spiro atoms. The van der Waals surface area contributed by atoms with Gasteiger partial charge in [-0.05, 0) is 18.9 Å². The molecule has 1 amide bonds. The summed E-state index contributed by atoms with van der Waals surface area (Å²) in [6, 6.07) is 7.42. The lowest BCUT2D eigenvalue weighted by Crippen LogP contribution is -3.11. The van der Waals surface area contributed by atoms with E-state index in [0.717, 1.165) is 50.9 Å². The highest BCUT2D eigenvalue weighted by Gasteiger charge is 2.29. The van der Waals surface area contributed by atoms with Gasteiger partial charge < -0.3 is 10.2 Å². The van der Waals surface area contributed by atoms with E-state index in [9.17, 15) is 9.18 Å². The van der Waals surface area contributed by atoms with Gasteiger partial charge in [-0.2, -0.15) is 0 Å². The van der Waals surface area contributed by atoms with Crippen molar-refractivity contribution in [1.29, 1.82) is 0 Å². The molecule has 2 fully saturated rings. The zero-order valence-electron chi connectivity index (χ0n) is 13.1. The van der Waals surface area contributed by atoms with Gasteiger partial charge in [0.15, 0.2) is 0 Å². The van der Waals surface area contributed by atoms with Crippen LogP contribution < -0.4 is 10.2 Å². The van der Waals surface area contributed by atoms with Crippen LogP contribution in [-0.2, 0) is 11.3 Å². The number of hydrogen-bond acceptors (Lipinski definition) is 1. The molecule has 1 saturated carbocycles. The molecule has 120 valence electrons. The minimum Gasteiger partial charge on any atom is -0.353 e. The van der Waals surface area contributed by atoms with Crippen LogP contribution >= 0.6 is 0 Å². The maximum atomic E-state index is 13.7. The smallest absolute Gasteiger partial charge is 0.223 e. The van der Waals surface area contributed by atoms with Crippen molar-refractivity contribution < 1.29 is 14.1 Å². The number of nitrogens with one attached hydrogen (secondary N) is 2. The van der Waals surface area contributed by atoms with Crippen molar-refractivity contribution in [2.45, 2.75) is 51.1 Å². The van der Waals surface area contributed by atoms with Gasteiger partial charge in [0, 0.05) is 30.4 Å². The van der Waals surface area contributed by atoms with Gasteiger partial charge in [0.05, 0.1) is 13.1 Å². The van der Waals surface area contributed by atoms with Crippen molar-refractivity contribution in [3.8, 4) is 0 Å². The van der Waals surface area contributed by atoms with E-state index in [4.69, 9.17) is 0 Å². The average Bonchev–Trinajstić information content (AvgIpc) is 3.03. The van der Waals surface area contributed by atoms with Crippen molar-refractivity contribution in [2.24, 2.45) is 5.92 Å². The van der Waals surface area contributed by atoms with Gasteiger partial charge in [-0.15, -0.1) is 0 Å². The lowest BCUT2D eigenvalue weighted by atomic mass is 9.95. The number of carbonyl (C=O) groups is 1. The number of hydrogen-bond donors (Lipinski definition) is 2. The fraction of sp³-hybridized carbons (Fsp3) is 0.611. The topological polar surface area (TPSA) is 33.5 Å². The quantitative estimate of drug-likeness (QED) is 0.872. The Labute approximate surface area is 131 Å². The number of quaternary nitrogens is 1. The van der Waals surface area contributed by atoms with Crippen LogP contribution in [0.1, 0.15) is 44.1 Å². The van der Waals surface area contributed by atoms with Crippen LogP contribution in [0.5, 0.6) is 0 Å². The number of carbonyl (C=O) groups excluding carboxylic acids is 1. The summed E-state index contributed by atoms with van der Waals surface area (Å²) in [7, 11) is 0. The second-order valence-electron chi connectivity index (χ2n) is 6.78. The number of halogens is 1. The van der Waals surface area contributed by atoms with Gasteiger partial charge in [-0.25, -0.2) is 4.39 Å². The van der Waals surface area contributed by atoms with Gasteiger partial charge in [0.1, 0.15) is 12.4 Å². The Bertz CT molecular complexity index is 506. The van der Waals surface area contributed by atoms with E-state index in [1.54, 1.807) is 6.07 Å². The molecular weight excluding hydrogens is 279 g/mol. The van der Waals surface area contributed by atoms with E-state index in [-0.39, 0.29) is 17.6 Å². The van der Waals surface area contributed by atoms with Gasteiger partial charge in [0.2, 0.25) is 5.91 Å². The number of amides is 1. The molecule has 3 nitrogen and oxygen atoms in total. The summed E-state index contributed by atoms with van der Waals surface area (Å²) in [6.07, 6.45) is 6.61. The van der Waals surface area contributed by atoms with Crippen molar-refractivity contribution in [2.75, 3.05) is 13.1 Å². The lowest BCUT2D eigenvalue weighted by Gasteiger charge is -2.29. The highest BCUT2D eigenvalue weighted by atomic mass is 19.1. The molecule has 1 aromatic rings. The molecule has 0 aromatic heterocycles. The molecule has 2 N–H and O–H groups in total. The van der Waals surface area contributed by atoms with Crippen LogP contribution in [0.4, 0.5) is 4.39 Å². The fourth-order valence-corrected chi connectivity index (χ4v) is 3.77.